The van der Waals surface area contributed by atoms with Crippen LogP contribution in [0.15, 0.2) is 116 Å². The molecule has 5 heterocycles. The minimum absolute atomic E-state index is 0.859. The molecule has 0 fully saturated rings. The van der Waals surface area contributed by atoms with E-state index in [4.69, 9.17) is 9.97 Å². The molecule has 0 aliphatic heterocycles. The van der Waals surface area contributed by atoms with E-state index in [1.165, 1.54) is 55.1 Å². The number of fused-ring (bicyclic) bond motifs is 16. The maximum atomic E-state index is 5.18. The van der Waals surface area contributed by atoms with Gasteiger partial charge >= 0.3 is 0 Å². The average Bonchev–Trinajstić information content (AvgIpc) is 3.71. The van der Waals surface area contributed by atoms with Crippen LogP contribution in [-0.4, -0.2) is 23.9 Å². The standard InChI is InChI=1S/C36H21N5/c1-2-7-22(8-3-1)40-28-10-5-4-9-24(28)34-29(40)15-12-21-19-26-23(32(21)34)13-14-25-33(26)36-39-27-16-18-37-20-31(27)41(36)30-11-6-17-38-35(25)30/h1-18,20H,19H2. The molecule has 10 rings (SSSR count). The summed E-state index contributed by atoms with van der Waals surface area (Å²) in [6.07, 6.45) is 6.47. The topological polar surface area (TPSA) is 48.0 Å². The Kier molecular flexibility index (Phi) is 3.92. The molecule has 41 heavy (non-hydrogen) atoms. The molecule has 5 aromatic heterocycles. The van der Waals surface area contributed by atoms with Crippen LogP contribution >= 0.6 is 0 Å². The summed E-state index contributed by atoms with van der Waals surface area (Å²) < 4.78 is 4.64. The van der Waals surface area contributed by atoms with E-state index in [1.54, 1.807) is 0 Å². The molecule has 0 bridgehead atoms. The van der Waals surface area contributed by atoms with Gasteiger partial charge in [-0.1, -0.05) is 54.6 Å². The monoisotopic (exact) mass is 523 g/mol. The molecule has 5 nitrogen and oxygen atoms in total. The largest absolute Gasteiger partial charge is 0.309 e. The Balaban J connectivity index is 1.38. The number of aromatic nitrogens is 5. The summed E-state index contributed by atoms with van der Waals surface area (Å²) in [6, 6.07) is 34.8. The lowest BCUT2D eigenvalue weighted by Gasteiger charge is -2.12. The number of rotatable bonds is 1. The Morgan fingerprint density at radius 3 is 2.46 bits per heavy atom. The van der Waals surface area contributed by atoms with Crippen molar-refractivity contribution < 1.29 is 0 Å². The van der Waals surface area contributed by atoms with Gasteiger partial charge in [-0.05, 0) is 71.1 Å². The molecule has 0 saturated carbocycles. The molecular weight excluding hydrogens is 502 g/mol. The normalized spacial score (nSPS) is 12.8. The van der Waals surface area contributed by atoms with Gasteiger partial charge in [-0.3, -0.25) is 14.4 Å². The van der Waals surface area contributed by atoms with E-state index in [2.05, 4.69) is 98.9 Å². The molecule has 4 aromatic carbocycles. The first-order valence-corrected chi connectivity index (χ1v) is 13.9. The van der Waals surface area contributed by atoms with Crippen LogP contribution in [0.25, 0.3) is 77.1 Å². The summed E-state index contributed by atoms with van der Waals surface area (Å²) in [4.78, 5) is 14.5. The van der Waals surface area contributed by atoms with Crippen molar-refractivity contribution in [2.24, 2.45) is 0 Å². The predicted molar refractivity (Wildman–Crippen MR) is 166 cm³/mol. The van der Waals surface area contributed by atoms with Crippen molar-refractivity contribution in [2.75, 3.05) is 0 Å². The van der Waals surface area contributed by atoms with Crippen LogP contribution in [0, 0.1) is 0 Å². The van der Waals surface area contributed by atoms with Gasteiger partial charge in [0, 0.05) is 39.6 Å². The summed E-state index contributed by atoms with van der Waals surface area (Å²) in [7, 11) is 0. The summed E-state index contributed by atoms with van der Waals surface area (Å²) in [5.41, 5.74) is 13.9. The SMILES string of the molecule is c1ccc(-n2c3ccccc3c3c4c(ccc32)Cc2c-4ccc3c4ncccc4n4c5cnccc5nc4c23)cc1. The molecule has 0 amide bonds. The fourth-order valence-electron chi connectivity index (χ4n) is 7.24. The van der Waals surface area contributed by atoms with Crippen LogP contribution in [0.1, 0.15) is 11.1 Å². The maximum absolute atomic E-state index is 5.18. The van der Waals surface area contributed by atoms with Crippen LogP contribution in [0.3, 0.4) is 0 Å². The second-order valence-corrected chi connectivity index (χ2v) is 10.9. The molecule has 0 spiro atoms. The van der Waals surface area contributed by atoms with Gasteiger partial charge in [0.05, 0.1) is 39.3 Å². The highest BCUT2D eigenvalue weighted by atomic mass is 15.0. The van der Waals surface area contributed by atoms with Crippen LogP contribution in [0.2, 0.25) is 0 Å². The average molecular weight is 524 g/mol. The third-order valence-electron chi connectivity index (χ3n) is 8.85. The zero-order valence-corrected chi connectivity index (χ0v) is 21.9. The van der Waals surface area contributed by atoms with Crippen molar-refractivity contribution >= 4 is 60.3 Å². The molecule has 190 valence electrons. The van der Waals surface area contributed by atoms with Gasteiger partial charge in [-0.15, -0.1) is 0 Å². The lowest BCUT2D eigenvalue weighted by molar-refractivity contribution is 1.18. The molecule has 0 unspecified atom stereocenters. The number of hydrogen-bond acceptors (Lipinski definition) is 3. The van der Waals surface area contributed by atoms with E-state index in [1.807, 2.05) is 30.7 Å². The predicted octanol–water partition coefficient (Wildman–Crippen LogP) is 8.25. The van der Waals surface area contributed by atoms with Gasteiger partial charge in [-0.25, -0.2) is 4.98 Å². The van der Waals surface area contributed by atoms with Crippen molar-refractivity contribution in [3.05, 3.63) is 127 Å². The molecular formula is C36H21N5. The fraction of sp³-hybridized carbons (Fsp3) is 0.0278. The molecule has 0 atom stereocenters. The summed E-state index contributed by atoms with van der Waals surface area (Å²) in [5, 5.41) is 4.92. The number of nitrogens with zero attached hydrogens (tertiary/aromatic N) is 5. The van der Waals surface area contributed by atoms with Crippen molar-refractivity contribution in [1.82, 2.24) is 23.9 Å². The Labute approximate surface area is 234 Å². The molecule has 1 aliphatic rings. The number of imidazole rings is 1. The first-order chi connectivity index (χ1) is 20.4. The zero-order valence-electron chi connectivity index (χ0n) is 21.9. The van der Waals surface area contributed by atoms with Gasteiger partial charge in [-0.2, -0.15) is 0 Å². The fourth-order valence-corrected chi connectivity index (χ4v) is 7.24. The van der Waals surface area contributed by atoms with E-state index >= 15 is 0 Å². The zero-order chi connectivity index (χ0) is 26.7. The van der Waals surface area contributed by atoms with E-state index in [0.717, 1.165) is 39.5 Å². The number of pyridine rings is 3. The summed E-state index contributed by atoms with van der Waals surface area (Å²) in [6.45, 7) is 0. The second-order valence-electron chi connectivity index (χ2n) is 10.9. The lowest BCUT2D eigenvalue weighted by atomic mass is 9.96. The third kappa shape index (κ3) is 2.63. The maximum Gasteiger partial charge on any atom is 0.146 e. The van der Waals surface area contributed by atoms with E-state index in [0.29, 0.717) is 0 Å². The van der Waals surface area contributed by atoms with Gasteiger partial charge in [0.25, 0.3) is 0 Å². The van der Waals surface area contributed by atoms with E-state index in [9.17, 15) is 0 Å². The van der Waals surface area contributed by atoms with Crippen molar-refractivity contribution in [3.63, 3.8) is 0 Å². The highest BCUT2D eigenvalue weighted by molar-refractivity contribution is 6.21. The number of hydrogen-bond donors (Lipinski definition) is 0. The Morgan fingerprint density at radius 2 is 1.51 bits per heavy atom. The molecule has 9 aromatic rings. The first-order valence-electron chi connectivity index (χ1n) is 13.9. The van der Waals surface area contributed by atoms with Gasteiger partial charge in [0.1, 0.15) is 5.65 Å². The van der Waals surface area contributed by atoms with E-state index in [-0.39, 0.29) is 0 Å². The van der Waals surface area contributed by atoms with E-state index < -0.39 is 0 Å². The van der Waals surface area contributed by atoms with Gasteiger partial charge in [0.2, 0.25) is 0 Å². The third-order valence-corrected chi connectivity index (χ3v) is 8.85. The molecule has 0 radical (unpaired) electrons. The van der Waals surface area contributed by atoms with Crippen molar-refractivity contribution in [2.45, 2.75) is 6.42 Å². The number of para-hydroxylation sites is 2. The summed E-state index contributed by atoms with van der Waals surface area (Å²) >= 11 is 0. The first kappa shape index (κ1) is 21.3. The van der Waals surface area contributed by atoms with Crippen molar-refractivity contribution in [1.29, 1.82) is 0 Å². The minimum atomic E-state index is 0.859. The van der Waals surface area contributed by atoms with Crippen LogP contribution in [0.4, 0.5) is 0 Å². The lowest BCUT2D eigenvalue weighted by Crippen LogP contribution is -1.96. The number of benzene rings is 4. The highest BCUT2D eigenvalue weighted by Gasteiger charge is 2.28. The Morgan fingerprint density at radius 1 is 0.634 bits per heavy atom. The molecule has 0 saturated heterocycles. The summed E-state index contributed by atoms with van der Waals surface area (Å²) in [5.74, 6) is 0. The highest BCUT2D eigenvalue weighted by Crippen LogP contribution is 2.49. The van der Waals surface area contributed by atoms with Crippen molar-refractivity contribution in [3.8, 4) is 16.8 Å². The van der Waals surface area contributed by atoms with Gasteiger partial charge < -0.3 is 4.57 Å². The van der Waals surface area contributed by atoms with Crippen LogP contribution in [0.5, 0.6) is 0 Å². The smallest absolute Gasteiger partial charge is 0.146 e. The Hall–Kier alpha value is -5.55. The molecule has 0 N–H and O–H groups in total. The van der Waals surface area contributed by atoms with Crippen LogP contribution in [-0.2, 0) is 6.42 Å². The molecule has 5 heteroatoms. The second kappa shape index (κ2) is 7.55. The quantitative estimate of drug-likeness (QED) is 0.204. The molecule has 1 aliphatic carbocycles. The Bertz CT molecular complexity index is 2550. The van der Waals surface area contributed by atoms with Crippen LogP contribution < -0.4 is 0 Å². The minimum Gasteiger partial charge on any atom is -0.309 e. The van der Waals surface area contributed by atoms with Gasteiger partial charge in [0.15, 0.2) is 0 Å².